The quantitative estimate of drug-likeness (QED) is 0.273. The van der Waals surface area contributed by atoms with Crippen LogP contribution in [0.1, 0.15) is 42.5 Å². The van der Waals surface area contributed by atoms with Crippen LogP contribution >= 0.6 is 0 Å². The molecular weight excluding hydrogens is 446 g/mol. The van der Waals surface area contributed by atoms with Crippen molar-refractivity contribution >= 4 is 23.1 Å². The van der Waals surface area contributed by atoms with Crippen LogP contribution in [0.3, 0.4) is 0 Å². The van der Waals surface area contributed by atoms with E-state index in [9.17, 15) is 14.7 Å². The van der Waals surface area contributed by atoms with Crippen LogP contribution in [0.4, 0.5) is 5.69 Å². The van der Waals surface area contributed by atoms with Crippen LogP contribution in [-0.4, -0.2) is 30.5 Å². The van der Waals surface area contributed by atoms with Gasteiger partial charge in [-0.05, 0) is 79.9 Å². The number of aliphatic hydroxyl groups excluding tert-OH is 1. The number of furan rings is 1. The molecule has 1 N–H and O–H groups in total. The van der Waals surface area contributed by atoms with Gasteiger partial charge in [0, 0.05) is 11.3 Å². The van der Waals surface area contributed by atoms with Crippen molar-refractivity contribution in [3.63, 3.8) is 0 Å². The highest BCUT2D eigenvalue weighted by molar-refractivity contribution is 6.51. The summed E-state index contributed by atoms with van der Waals surface area (Å²) < 4.78 is 16.9. The molecule has 0 saturated carbocycles. The molecule has 0 spiro atoms. The molecule has 1 amide bonds. The molecule has 7 heteroatoms. The molecule has 1 fully saturated rings. The summed E-state index contributed by atoms with van der Waals surface area (Å²) >= 11 is 0. The second-order valence-electron chi connectivity index (χ2n) is 9.00. The van der Waals surface area contributed by atoms with Gasteiger partial charge in [-0.3, -0.25) is 14.5 Å². The maximum Gasteiger partial charge on any atom is 0.300 e. The van der Waals surface area contributed by atoms with Crippen LogP contribution < -0.4 is 14.4 Å². The lowest BCUT2D eigenvalue weighted by Gasteiger charge is -2.23. The Hall–Kier alpha value is -4.00. The molecule has 0 bridgehead atoms. The molecular formula is C28H29NO6. The van der Waals surface area contributed by atoms with Gasteiger partial charge in [0.15, 0.2) is 0 Å². The second-order valence-corrected chi connectivity index (χ2v) is 9.00. The van der Waals surface area contributed by atoms with E-state index in [2.05, 4.69) is 13.8 Å². The van der Waals surface area contributed by atoms with Gasteiger partial charge < -0.3 is 19.0 Å². The predicted molar refractivity (Wildman–Crippen MR) is 133 cm³/mol. The number of ether oxygens (including phenoxy) is 2. The molecule has 1 atom stereocenters. The molecule has 1 aliphatic heterocycles. The maximum atomic E-state index is 13.2. The fraction of sp³-hybridized carbons (Fsp3) is 0.286. The van der Waals surface area contributed by atoms with Crippen molar-refractivity contribution in [2.45, 2.75) is 33.7 Å². The van der Waals surface area contributed by atoms with Crippen LogP contribution in [0, 0.1) is 19.8 Å². The van der Waals surface area contributed by atoms with Gasteiger partial charge in [0.2, 0.25) is 0 Å². The van der Waals surface area contributed by atoms with Crippen molar-refractivity contribution in [3.05, 3.63) is 82.8 Å². The minimum Gasteiger partial charge on any atom is -0.507 e. The first-order valence-electron chi connectivity index (χ1n) is 11.5. The molecule has 2 heterocycles. The topological polar surface area (TPSA) is 89.2 Å². The first kappa shape index (κ1) is 24.1. The molecule has 1 aromatic heterocycles. The predicted octanol–water partition coefficient (Wildman–Crippen LogP) is 5.57. The first-order valence-corrected chi connectivity index (χ1v) is 11.5. The number of hydrogen-bond acceptors (Lipinski definition) is 6. The van der Waals surface area contributed by atoms with Gasteiger partial charge in [0.05, 0.1) is 19.3 Å². The third-order valence-electron chi connectivity index (χ3n) is 5.85. The maximum absolute atomic E-state index is 13.2. The van der Waals surface area contributed by atoms with Gasteiger partial charge in [-0.25, -0.2) is 0 Å². The number of nitrogens with zero attached hydrogens (tertiary/aromatic N) is 1. The lowest BCUT2D eigenvalue weighted by atomic mass is 9.98. The highest BCUT2D eigenvalue weighted by Crippen LogP contribution is 2.43. The minimum absolute atomic E-state index is 0.0320. The lowest BCUT2D eigenvalue weighted by molar-refractivity contribution is -0.132. The Labute approximate surface area is 204 Å². The Balaban J connectivity index is 1.82. The number of Topliss-reactive ketones (excluding diaryl/α,β-unsaturated/α-hetero) is 1. The van der Waals surface area contributed by atoms with Crippen LogP contribution in [0.5, 0.6) is 11.5 Å². The Morgan fingerprint density at radius 3 is 2.34 bits per heavy atom. The third-order valence-corrected chi connectivity index (χ3v) is 5.85. The number of anilines is 1. The number of amides is 1. The second kappa shape index (κ2) is 9.70. The zero-order valence-electron chi connectivity index (χ0n) is 20.5. The fourth-order valence-corrected chi connectivity index (χ4v) is 4.08. The number of carbonyl (C=O) groups is 2. The Kier molecular flexibility index (Phi) is 6.69. The molecule has 1 aliphatic rings. The molecule has 182 valence electrons. The van der Waals surface area contributed by atoms with Crippen LogP contribution in [0.25, 0.3) is 5.76 Å². The monoisotopic (exact) mass is 475 g/mol. The summed E-state index contributed by atoms with van der Waals surface area (Å²) in [5.74, 6) is 0.901. The summed E-state index contributed by atoms with van der Waals surface area (Å²) in [7, 11) is 1.55. The number of benzene rings is 2. The van der Waals surface area contributed by atoms with E-state index in [0.29, 0.717) is 46.8 Å². The molecule has 7 nitrogen and oxygen atoms in total. The smallest absolute Gasteiger partial charge is 0.300 e. The van der Waals surface area contributed by atoms with E-state index in [1.54, 1.807) is 68.6 Å². The number of aliphatic hydroxyl groups is 1. The van der Waals surface area contributed by atoms with Crippen molar-refractivity contribution in [3.8, 4) is 11.5 Å². The summed E-state index contributed by atoms with van der Waals surface area (Å²) in [6.45, 7) is 8.34. The molecule has 35 heavy (non-hydrogen) atoms. The van der Waals surface area contributed by atoms with Crippen molar-refractivity contribution < 1.29 is 28.6 Å². The SMILES string of the molecule is COc1ccc(N2C(=O)C(=O)/C(=C(\O)c3ccc(OCC(C)C)c(C)c3)C2c2ccc(C)o2)cc1. The molecule has 2 aromatic carbocycles. The summed E-state index contributed by atoms with van der Waals surface area (Å²) in [5.41, 5.74) is 1.68. The van der Waals surface area contributed by atoms with Crippen molar-refractivity contribution in [1.82, 2.24) is 0 Å². The van der Waals surface area contributed by atoms with E-state index in [1.807, 2.05) is 6.92 Å². The summed E-state index contributed by atoms with van der Waals surface area (Å²) in [4.78, 5) is 27.8. The Morgan fingerprint density at radius 1 is 1.06 bits per heavy atom. The molecule has 0 aliphatic carbocycles. The van der Waals surface area contributed by atoms with Gasteiger partial charge in [-0.15, -0.1) is 0 Å². The molecule has 0 radical (unpaired) electrons. The Bertz CT molecular complexity index is 1290. The summed E-state index contributed by atoms with van der Waals surface area (Å²) in [6, 6.07) is 14.5. The fourth-order valence-electron chi connectivity index (χ4n) is 4.08. The number of ketones is 1. The van der Waals surface area contributed by atoms with Crippen molar-refractivity contribution in [2.24, 2.45) is 5.92 Å². The molecule has 4 rings (SSSR count). The average Bonchev–Trinajstić information content (AvgIpc) is 3.38. The zero-order chi connectivity index (χ0) is 25.3. The average molecular weight is 476 g/mol. The van der Waals surface area contributed by atoms with Crippen LogP contribution in [0.2, 0.25) is 0 Å². The molecule has 1 saturated heterocycles. The lowest BCUT2D eigenvalue weighted by Crippen LogP contribution is -2.29. The highest BCUT2D eigenvalue weighted by Gasteiger charge is 2.48. The highest BCUT2D eigenvalue weighted by atomic mass is 16.5. The number of methoxy groups -OCH3 is 1. The number of aryl methyl sites for hydroxylation is 2. The zero-order valence-corrected chi connectivity index (χ0v) is 20.5. The van der Waals surface area contributed by atoms with Crippen LogP contribution in [-0.2, 0) is 9.59 Å². The van der Waals surface area contributed by atoms with Gasteiger partial charge >= 0.3 is 0 Å². The van der Waals surface area contributed by atoms with E-state index >= 15 is 0 Å². The minimum atomic E-state index is -0.922. The largest absolute Gasteiger partial charge is 0.507 e. The molecule has 1 unspecified atom stereocenters. The number of rotatable bonds is 7. The van der Waals surface area contributed by atoms with Gasteiger partial charge in [-0.1, -0.05) is 13.8 Å². The van der Waals surface area contributed by atoms with E-state index in [1.165, 1.54) is 4.90 Å². The van der Waals surface area contributed by atoms with Gasteiger partial charge in [0.25, 0.3) is 11.7 Å². The van der Waals surface area contributed by atoms with Crippen molar-refractivity contribution in [1.29, 1.82) is 0 Å². The van der Waals surface area contributed by atoms with E-state index in [4.69, 9.17) is 13.9 Å². The standard InChI is InChI=1S/C28H29NO6/c1-16(2)15-34-22-13-7-19(14-17(22)3)26(30)24-25(23-12-6-18(4)35-23)29(28(32)27(24)31)20-8-10-21(33-5)11-9-20/h6-14,16,25,30H,15H2,1-5H3/b26-24-. The number of hydrogen-bond donors (Lipinski definition) is 1. The first-order chi connectivity index (χ1) is 16.7. The van der Waals surface area contributed by atoms with Crippen LogP contribution in [0.15, 0.2) is 64.6 Å². The van der Waals surface area contributed by atoms with Gasteiger partial charge in [0.1, 0.15) is 34.8 Å². The van der Waals surface area contributed by atoms with Crippen molar-refractivity contribution in [2.75, 3.05) is 18.6 Å². The normalized spacial score (nSPS) is 17.3. The third kappa shape index (κ3) is 4.67. The van der Waals surface area contributed by atoms with Gasteiger partial charge in [-0.2, -0.15) is 0 Å². The summed E-state index contributed by atoms with van der Waals surface area (Å²) in [6.07, 6.45) is 0. The Morgan fingerprint density at radius 2 is 1.77 bits per heavy atom. The van der Waals surface area contributed by atoms with E-state index in [-0.39, 0.29) is 11.3 Å². The molecule has 3 aromatic rings. The number of carbonyl (C=O) groups excluding carboxylic acids is 2. The van der Waals surface area contributed by atoms with E-state index < -0.39 is 17.7 Å². The summed E-state index contributed by atoms with van der Waals surface area (Å²) in [5, 5.41) is 11.3. The van der Waals surface area contributed by atoms with E-state index in [0.717, 1.165) is 5.56 Å².